The molecule has 4 rings (SSSR count). The second-order valence-electron chi connectivity index (χ2n) is 7.82. The second-order valence-corrected chi connectivity index (χ2v) is 8.25. The molecule has 0 N–H and O–H groups in total. The van der Waals surface area contributed by atoms with E-state index in [2.05, 4.69) is 5.16 Å². The lowest BCUT2D eigenvalue weighted by Gasteiger charge is -2.43. The van der Waals surface area contributed by atoms with E-state index in [4.69, 9.17) is 20.9 Å². The summed E-state index contributed by atoms with van der Waals surface area (Å²) in [7, 11) is 1.56. The molecule has 1 aromatic heterocycles. The highest BCUT2D eigenvalue weighted by Gasteiger charge is 2.39. The van der Waals surface area contributed by atoms with Gasteiger partial charge in [0, 0.05) is 42.5 Å². The van der Waals surface area contributed by atoms with E-state index in [0.717, 1.165) is 16.9 Å². The predicted octanol–water partition coefficient (Wildman–Crippen LogP) is 5.01. The number of hydrogen-bond donors (Lipinski definition) is 0. The number of methoxy groups -OCH3 is 1. The van der Waals surface area contributed by atoms with Crippen molar-refractivity contribution in [1.82, 2.24) is 5.16 Å². The molecule has 2 amide bonds. The standard InChI is InChI=1S/C24H24ClN3O4/c1-15-12-22(28(16(2)29)19-10-8-17(25)9-11-19)20-6-4-5-7-21(20)27(15)24(30)23-13-18(14-31-3)26-32-23/h4-11,13,15,22H,12,14H2,1-3H3. The Morgan fingerprint density at radius 2 is 1.94 bits per heavy atom. The number of para-hydroxylation sites is 1. The van der Waals surface area contributed by atoms with E-state index >= 15 is 0 Å². The van der Waals surface area contributed by atoms with Crippen LogP contribution in [0.1, 0.15) is 48.1 Å². The van der Waals surface area contributed by atoms with Crippen LogP contribution in [-0.2, 0) is 16.1 Å². The Labute approximate surface area is 191 Å². The molecule has 7 nitrogen and oxygen atoms in total. The number of benzene rings is 2. The van der Waals surface area contributed by atoms with Crippen molar-refractivity contribution < 1.29 is 18.8 Å². The molecule has 2 atom stereocenters. The molecule has 0 aliphatic carbocycles. The minimum atomic E-state index is -0.279. The molecule has 2 unspecified atom stereocenters. The van der Waals surface area contributed by atoms with Gasteiger partial charge in [-0.05, 0) is 49.2 Å². The van der Waals surface area contributed by atoms with Gasteiger partial charge in [0.1, 0.15) is 5.69 Å². The number of hydrogen-bond acceptors (Lipinski definition) is 5. The zero-order valence-corrected chi connectivity index (χ0v) is 18.9. The van der Waals surface area contributed by atoms with Gasteiger partial charge in [0.2, 0.25) is 11.7 Å². The quantitative estimate of drug-likeness (QED) is 0.543. The van der Waals surface area contributed by atoms with Gasteiger partial charge in [-0.15, -0.1) is 0 Å². The molecular formula is C24H24ClN3O4. The van der Waals surface area contributed by atoms with Crippen molar-refractivity contribution in [2.24, 2.45) is 0 Å². The maximum absolute atomic E-state index is 13.4. The largest absolute Gasteiger partial charge is 0.378 e. The number of halogens is 1. The average molecular weight is 454 g/mol. The van der Waals surface area contributed by atoms with E-state index in [9.17, 15) is 9.59 Å². The summed E-state index contributed by atoms with van der Waals surface area (Å²) >= 11 is 6.05. The highest BCUT2D eigenvalue weighted by atomic mass is 35.5. The highest BCUT2D eigenvalue weighted by molar-refractivity contribution is 6.30. The molecule has 1 aliphatic rings. The van der Waals surface area contributed by atoms with E-state index in [1.54, 1.807) is 42.0 Å². The number of carbonyl (C=O) groups is 2. The minimum Gasteiger partial charge on any atom is -0.378 e. The number of fused-ring (bicyclic) bond motifs is 1. The molecule has 1 aliphatic heterocycles. The third-order valence-electron chi connectivity index (χ3n) is 5.60. The Kier molecular flexibility index (Phi) is 6.30. The fraction of sp³-hybridized carbons (Fsp3) is 0.292. The first-order valence-electron chi connectivity index (χ1n) is 10.3. The monoisotopic (exact) mass is 453 g/mol. The Morgan fingerprint density at radius 1 is 1.22 bits per heavy atom. The fourth-order valence-electron chi connectivity index (χ4n) is 4.27. The van der Waals surface area contributed by atoms with Gasteiger partial charge < -0.3 is 19.1 Å². The van der Waals surface area contributed by atoms with Crippen molar-refractivity contribution >= 4 is 34.8 Å². The van der Waals surface area contributed by atoms with Crippen molar-refractivity contribution in [1.29, 1.82) is 0 Å². The Balaban J connectivity index is 1.73. The Bertz CT molecular complexity index is 1130. The van der Waals surface area contributed by atoms with Crippen LogP contribution in [0.5, 0.6) is 0 Å². The number of carbonyl (C=O) groups excluding carboxylic acids is 2. The number of ether oxygens (including phenoxy) is 1. The summed E-state index contributed by atoms with van der Waals surface area (Å²) in [5.41, 5.74) is 2.94. The van der Waals surface area contributed by atoms with Gasteiger partial charge in [-0.25, -0.2) is 0 Å². The topological polar surface area (TPSA) is 75.9 Å². The average Bonchev–Trinajstić information content (AvgIpc) is 3.24. The first kappa shape index (κ1) is 22.0. The van der Waals surface area contributed by atoms with E-state index < -0.39 is 0 Å². The molecule has 3 aromatic rings. The third-order valence-corrected chi connectivity index (χ3v) is 5.85. The molecule has 166 valence electrons. The van der Waals surface area contributed by atoms with Gasteiger partial charge in [0.15, 0.2) is 0 Å². The van der Waals surface area contributed by atoms with Gasteiger partial charge in [-0.2, -0.15) is 0 Å². The van der Waals surface area contributed by atoms with Gasteiger partial charge in [-0.3, -0.25) is 9.59 Å². The molecule has 2 heterocycles. The Morgan fingerprint density at radius 3 is 2.62 bits per heavy atom. The first-order valence-corrected chi connectivity index (χ1v) is 10.7. The second kappa shape index (κ2) is 9.14. The zero-order chi connectivity index (χ0) is 22.8. The highest BCUT2D eigenvalue weighted by Crippen LogP contribution is 2.42. The summed E-state index contributed by atoms with van der Waals surface area (Å²) in [5, 5.41) is 4.51. The number of amides is 2. The van der Waals surface area contributed by atoms with Crippen molar-refractivity contribution in [3.63, 3.8) is 0 Å². The summed E-state index contributed by atoms with van der Waals surface area (Å²) < 4.78 is 10.4. The van der Waals surface area contributed by atoms with Crippen LogP contribution in [0.4, 0.5) is 11.4 Å². The normalized spacial score (nSPS) is 17.7. The van der Waals surface area contributed by atoms with Gasteiger partial charge in [0.05, 0.1) is 12.6 Å². The lowest BCUT2D eigenvalue weighted by molar-refractivity contribution is -0.117. The summed E-state index contributed by atoms with van der Waals surface area (Å²) in [4.78, 5) is 29.6. The van der Waals surface area contributed by atoms with Crippen molar-refractivity contribution in [2.45, 2.75) is 39.0 Å². The SMILES string of the molecule is COCc1cc(C(=O)N2c3ccccc3C(N(C(C)=O)c3ccc(Cl)cc3)CC2C)on1. The molecule has 0 saturated carbocycles. The van der Waals surface area contributed by atoms with E-state index in [1.165, 1.54) is 0 Å². The molecular weight excluding hydrogens is 430 g/mol. The van der Waals surface area contributed by atoms with Gasteiger partial charge >= 0.3 is 0 Å². The summed E-state index contributed by atoms with van der Waals surface area (Å²) in [6.07, 6.45) is 0.560. The smallest absolute Gasteiger partial charge is 0.297 e. The van der Waals surface area contributed by atoms with Crippen LogP contribution in [0.25, 0.3) is 0 Å². The van der Waals surface area contributed by atoms with Crippen LogP contribution in [0.3, 0.4) is 0 Å². The summed E-state index contributed by atoms with van der Waals surface area (Å²) in [5.74, 6) is -0.212. The molecule has 32 heavy (non-hydrogen) atoms. The molecule has 0 radical (unpaired) electrons. The zero-order valence-electron chi connectivity index (χ0n) is 18.1. The maximum atomic E-state index is 13.4. The summed E-state index contributed by atoms with van der Waals surface area (Å²) in [6.45, 7) is 3.78. The molecule has 0 bridgehead atoms. The van der Waals surface area contributed by atoms with Crippen LogP contribution in [0.15, 0.2) is 59.1 Å². The third kappa shape index (κ3) is 4.13. The predicted molar refractivity (Wildman–Crippen MR) is 122 cm³/mol. The molecule has 8 heteroatoms. The van der Waals surface area contributed by atoms with Crippen molar-refractivity contribution in [2.75, 3.05) is 16.9 Å². The van der Waals surface area contributed by atoms with E-state index in [0.29, 0.717) is 17.1 Å². The fourth-order valence-corrected chi connectivity index (χ4v) is 4.39. The number of rotatable bonds is 5. The molecule has 2 aromatic carbocycles. The Hall–Kier alpha value is -3.16. The number of nitrogens with zero attached hydrogens (tertiary/aromatic N) is 3. The molecule has 0 spiro atoms. The maximum Gasteiger partial charge on any atom is 0.297 e. The molecule has 0 fully saturated rings. The van der Waals surface area contributed by atoms with Crippen LogP contribution in [-0.4, -0.2) is 30.1 Å². The van der Waals surface area contributed by atoms with E-state index in [1.807, 2.05) is 43.3 Å². The van der Waals surface area contributed by atoms with Crippen LogP contribution >= 0.6 is 11.6 Å². The van der Waals surface area contributed by atoms with Crippen molar-refractivity contribution in [3.05, 3.63) is 76.6 Å². The van der Waals surface area contributed by atoms with Gasteiger partial charge in [-0.1, -0.05) is 35.0 Å². The lowest BCUT2D eigenvalue weighted by atomic mass is 9.89. The van der Waals surface area contributed by atoms with Crippen LogP contribution in [0, 0.1) is 0 Å². The summed E-state index contributed by atoms with van der Waals surface area (Å²) in [6, 6.07) is 16.0. The van der Waals surface area contributed by atoms with Crippen LogP contribution < -0.4 is 9.80 Å². The lowest BCUT2D eigenvalue weighted by Crippen LogP contribution is -2.47. The van der Waals surface area contributed by atoms with Gasteiger partial charge in [0.25, 0.3) is 5.91 Å². The van der Waals surface area contributed by atoms with E-state index in [-0.39, 0.29) is 36.3 Å². The molecule has 0 saturated heterocycles. The van der Waals surface area contributed by atoms with Crippen LogP contribution in [0.2, 0.25) is 5.02 Å². The minimum absolute atomic E-state index is 0.0847. The number of aromatic nitrogens is 1. The number of anilines is 2. The van der Waals surface area contributed by atoms with Crippen molar-refractivity contribution in [3.8, 4) is 0 Å². The first-order chi connectivity index (χ1) is 15.4.